The summed E-state index contributed by atoms with van der Waals surface area (Å²) in [7, 11) is 1.24. The van der Waals surface area contributed by atoms with Crippen LogP contribution < -0.4 is 10.2 Å². The van der Waals surface area contributed by atoms with Crippen molar-refractivity contribution in [1.82, 2.24) is 0 Å². The lowest BCUT2D eigenvalue weighted by Gasteiger charge is -2.25. The summed E-state index contributed by atoms with van der Waals surface area (Å²) in [5.41, 5.74) is -0.601. The first-order chi connectivity index (χ1) is 13.4. The van der Waals surface area contributed by atoms with Gasteiger partial charge in [0.2, 0.25) is 17.4 Å². The Hall–Kier alpha value is -3.06. The van der Waals surface area contributed by atoms with E-state index < -0.39 is 47.0 Å². The molecule has 4 atom stereocenters. The number of amides is 2. The normalized spacial score (nSPS) is 29.1. The summed E-state index contributed by atoms with van der Waals surface area (Å²) >= 11 is 0. The number of methoxy groups -OCH3 is 1. The highest BCUT2D eigenvalue weighted by Gasteiger charge is 2.71. The van der Waals surface area contributed by atoms with Crippen molar-refractivity contribution in [1.29, 1.82) is 0 Å². The van der Waals surface area contributed by atoms with E-state index in [2.05, 4.69) is 0 Å². The highest BCUT2D eigenvalue weighted by molar-refractivity contribution is 6.23. The number of nitrogens with zero attached hydrogens (tertiary/aromatic N) is 1. The smallest absolute Gasteiger partial charge is 0.368 e. The number of imide groups is 1. The van der Waals surface area contributed by atoms with E-state index in [-0.39, 0.29) is 0 Å². The molecule has 2 aliphatic rings. The van der Waals surface area contributed by atoms with E-state index >= 15 is 0 Å². The number of benzene rings is 2. The SMILES string of the molecule is COC(=O)[C@@]1(C)[NH2+][C@@H](c2ccccc2F)[C@H]2C(=O)N(c3ccccc3)C(=O)[C@H]21. The van der Waals surface area contributed by atoms with Gasteiger partial charge in [-0.05, 0) is 18.2 Å². The lowest BCUT2D eigenvalue weighted by atomic mass is 9.80. The maximum absolute atomic E-state index is 14.5. The van der Waals surface area contributed by atoms with Crippen molar-refractivity contribution in [2.75, 3.05) is 12.0 Å². The van der Waals surface area contributed by atoms with Crippen molar-refractivity contribution >= 4 is 23.5 Å². The number of fused-ring (bicyclic) bond motifs is 1. The summed E-state index contributed by atoms with van der Waals surface area (Å²) in [6.07, 6.45) is 0. The zero-order chi connectivity index (χ0) is 20.1. The predicted octanol–water partition coefficient (Wildman–Crippen LogP) is 1.18. The van der Waals surface area contributed by atoms with E-state index in [1.807, 2.05) is 0 Å². The maximum Gasteiger partial charge on any atom is 0.368 e. The number of anilines is 1. The summed E-state index contributed by atoms with van der Waals surface area (Å²) in [4.78, 5) is 40.3. The van der Waals surface area contributed by atoms with E-state index in [0.717, 1.165) is 4.90 Å². The Kier molecular flexibility index (Phi) is 4.27. The molecule has 2 N–H and O–H groups in total. The quantitative estimate of drug-likeness (QED) is 0.638. The van der Waals surface area contributed by atoms with Crippen LogP contribution in [0.3, 0.4) is 0 Å². The molecule has 2 saturated heterocycles. The van der Waals surface area contributed by atoms with Gasteiger partial charge in [0, 0.05) is 12.5 Å². The van der Waals surface area contributed by atoms with Gasteiger partial charge in [0.1, 0.15) is 23.7 Å². The standard InChI is InChI=1S/C21H19FN2O4/c1-21(20(27)28-2)16-15(17(23-21)13-10-6-7-11-14(13)22)18(25)24(19(16)26)12-8-4-3-5-9-12/h3-11,15-17,23H,1-2H3/p+1/t15-,16-,17-,21-/m0/s1. The number of ether oxygens (including phenoxy) is 1. The average Bonchev–Trinajstić information content (AvgIpc) is 3.16. The van der Waals surface area contributed by atoms with Crippen LogP contribution >= 0.6 is 0 Å². The summed E-state index contributed by atoms with van der Waals surface area (Å²) in [5.74, 6) is -3.80. The van der Waals surface area contributed by atoms with E-state index in [4.69, 9.17) is 4.74 Å². The molecule has 2 aliphatic heterocycles. The Morgan fingerprint density at radius 1 is 1.07 bits per heavy atom. The first kappa shape index (κ1) is 18.3. The number of nitrogens with two attached hydrogens (primary N) is 1. The van der Waals surface area contributed by atoms with Crippen LogP contribution in [0, 0.1) is 17.7 Å². The number of halogens is 1. The first-order valence-electron chi connectivity index (χ1n) is 9.02. The van der Waals surface area contributed by atoms with Crippen LogP contribution in [0.1, 0.15) is 18.5 Å². The van der Waals surface area contributed by atoms with Gasteiger partial charge in [-0.25, -0.2) is 14.1 Å². The number of hydrogen-bond donors (Lipinski definition) is 1. The highest BCUT2D eigenvalue weighted by atomic mass is 19.1. The van der Waals surface area contributed by atoms with Crippen molar-refractivity contribution < 1.29 is 28.8 Å². The number of para-hydroxylation sites is 1. The second-order valence-corrected chi connectivity index (χ2v) is 7.34. The number of carbonyl (C=O) groups is 3. The molecule has 2 fully saturated rings. The van der Waals surface area contributed by atoms with E-state index in [1.54, 1.807) is 60.8 Å². The number of esters is 1. The van der Waals surface area contributed by atoms with Crippen LogP contribution in [0.5, 0.6) is 0 Å². The summed E-state index contributed by atoms with van der Waals surface area (Å²) < 4.78 is 19.5. The minimum Gasteiger partial charge on any atom is -0.464 e. The Bertz CT molecular complexity index is 964. The van der Waals surface area contributed by atoms with Crippen molar-refractivity contribution in [2.45, 2.75) is 18.5 Å². The Morgan fingerprint density at radius 3 is 2.36 bits per heavy atom. The van der Waals surface area contributed by atoms with Gasteiger partial charge in [-0.1, -0.05) is 36.4 Å². The zero-order valence-electron chi connectivity index (χ0n) is 15.5. The number of hydrogen-bond acceptors (Lipinski definition) is 4. The monoisotopic (exact) mass is 383 g/mol. The molecule has 0 saturated carbocycles. The fraction of sp³-hybridized carbons (Fsp3) is 0.286. The van der Waals surface area contributed by atoms with Crippen LogP contribution in [0.15, 0.2) is 54.6 Å². The Labute approximate surface area is 161 Å². The lowest BCUT2D eigenvalue weighted by molar-refractivity contribution is -0.731. The fourth-order valence-corrected chi connectivity index (χ4v) is 4.54. The molecule has 144 valence electrons. The molecule has 0 radical (unpaired) electrons. The first-order valence-corrected chi connectivity index (χ1v) is 9.02. The predicted molar refractivity (Wildman–Crippen MR) is 97.4 cm³/mol. The van der Waals surface area contributed by atoms with Gasteiger partial charge in [-0.3, -0.25) is 9.59 Å². The van der Waals surface area contributed by atoms with Gasteiger partial charge in [-0.2, -0.15) is 0 Å². The molecule has 2 aromatic rings. The third kappa shape index (κ3) is 2.46. The van der Waals surface area contributed by atoms with Gasteiger partial charge in [0.15, 0.2) is 0 Å². The van der Waals surface area contributed by atoms with Crippen molar-refractivity contribution in [3.63, 3.8) is 0 Å². The molecule has 0 aromatic heterocycles. The number of rotatable bonds is 3. The van der Waals surface area contributed by atoms with Gasteiger partial charge < -0.3 is 10.1 Å². The topological polar surface area (TPSA) is 80.3 Å². The third-order valence-corrected chi connectivity index (χ3v) is 5.81. The minimum atomic E-state index is -1.33. The van der Waals surface area contributed by atoms with Crippen molar-refractivity contribution in [2.24, 2.45) is 11.8 Å². The van der Waals surface area contributed by atoms with Crippen LogP contribution in [0.4, 0.5) is 10.1 Å². The molecule has 7 heteroatoms. The third-order valence-electron chi connectivity index (χ3n) is 5.81. The summed E-state index contributed by atoms with van der Waals surface area (Å²) in [6.45, 7) is 1.58. The summed E-state index contributed by atoms with van der Waals surface area (Å²) in [5, 5.41) is 1.60. The van der Waals surface area contributed by atoms with Gasteiger partial charge in [0.25, 0.3) is 0 Å². The lowest BCUT2D eigenvalue weighted by Crippen LogP contribution is -2.97. The van der Waals surface area contributed by atoms with Gasteiger partial charge in [0.05, 0.1) is 12.8 Å². The second-order valence-electron chi connectivity index (χ2n) is 7.34. The largest absolute Gasteiger partial charge is 0.464 e. The molecule has 28 heavy (non-hydrogen) atoms. The molecular formula is C21H20FN2O4+. The highest BCUT2D eigenvalue weighted by Crippen LogP contribution is 2.46. The number of carbonyl (C=O) groups excluding carboxylic acids is 3. The second kappa shape index (κ2) is 6.53. The van der Waals surface area contributed by atoms with Crippen LogP contribution in [0.2, 0.25) is 0 Å². The maximum atomic E-state index is 14.5. The van der Waals surface area contributed by atoms with E-state index in [1.165, 1.54) is 13.2 Å². The molecule has 0 aliphatic carbocycles. The molecule has 0 spiro atoms. The molecule has 0 bridgehead atoms. The zero-order valence-corrected chi connectivity index (χ0v) is 15.5. The van der Waals surface area contributed by atoms with Crippen LogP contribution in [-0.2, 0) is 19.1 Å². The molecule has 6 nitrogen and oxygen atoms in total. The molecule has 2 heterocycles. The molecule has 0 unspecified atom stereocenters. The Morgan fingerprint density at radius 2 is 1.71 bits per heavy atom. The molecule has 4 rings (SSSR count). The molecule has 2 amide bonds. The fourth-order valence-electron chi connectivity index (χ4n) is 4.54. The summed E-state index contributed by atoms with van der Waals surface area (Å²) in [6, 6.07) is 14.0. The van der Waals surface area contributed by atoms with E-state index in [0.29, 0.717) is 11.3 Å². The van der Waals surface area contributed by atoms with Gasteiger partial charge >= 0.3 is 5.97 Å². The number of quaternary nitrogens is 1. The Balaban J connectivity index is 1.85. The van der Waals surface area contributed by atoms with Crippen LogP contribution in [-0.4, -0.2) is 30.4 Å². The molecular weight excluding hydrogens is 363 g/mol. The van der Waals surface area contributed by atoms with Crippen molar-refractivity contribution in [3.8, 4) is 0 Å². The molecule has 2 aromatic carbocycles. The van der Waals surface area contributed by atoms with Crippen molar-refractivity contribution in [3.05, 3.63) is 66.0 Å². The van der Waals surface area contributed by atoms with E-state index in [9.17, 15) is 18.8 Å². The minimum absolute atomic E-state index is 0.293. The van der Waals surface area contributed by atoms with Gasteiger partial charge in [-0.15, -0.1) is 0 Å². The van der Waals surface area contributed by atoms with Crippen LogP contribution in [0.25, 0.3) is 0 Å². The average molecular weight is 383 g/mol.